The van der Waals surface area contributed by atoms with E-state index in [1.807, 2.05) is 0 Å². The monoisotopic (exact) mass is 226 g/mol. The number of amides is 1. The van der Waals surface area contributed by atoms with Crippen LogP contribution in [0.4, 0.5) is 0 Å². The second kappa shape index (κ2) is 8.57. The smallest absolute Gasteiger partial charge is 0.220 e. The largest absolute Gasteiger partial charge is 0.356 e. The highest BCUT2D eigenvalue weighted by molar-refractivity contribution is 5.75. The van der Waals surface area contributed by atoms with Gasteiger partial charge in [-0.1, -0.05) is 32.6 Å². The SMILES string of the molecule is CCNCCCNC(=O)CCC1CCCC1. The summed E-state index contributed by atoms with van der Waals surface area (Å²) in [5, 5.41) is 6.23. The molecule has 3 nitrogen and oxygen atoms in total. The zero-order valence-corrected chi connectivity index (χ0v) is 10.6. The Hall–Kier alpha value is -0.570. The minimum absolute atomic E-state index is 0.239. The van der Waals surface area contributed by atoms with Crippen molar-refractivity contribution in [2.24, 2.45) is 5.92 Å². The van der Waals surface area contributed by atoms with E-state index in [9.17, 15) is 4.79 Å². The lowest BCUT2D eigenvalue weighted by Crippen LogP contribution is -2.27. The van der Waals surface area contributed by atoms with E-state index < -0.39 is 0 Å². The number of carbonyl (C=O) groups excluding carboxylic acids is 1. The highest BCUT2D eigenvalue weighted by Gasteiger charge is 2.15. The van der Waals surface area contributed by atoms with Crippen LogP contribution in [0.2, 0.25) is 0 Å². The summed E-state index contributed by atoms with van der Waals surface area (Å²) in [5.74, 6) is 1.07. The Morgan fingerprint density at radius 1 is 1.25 bits per heavy atom. The van der Waals surface area contributed by atoms with E-state index in [4.69, 9.17) is 0 Å². The average molecular weight is 226 g/mol. The summed E-state index contributed by atoms with van der Waals surface area (Å²) in [6, 6.07) is 0. The Morgan fingerprint density at radius 3 is 2.69 bits per heavy atom. The van der Waals surface area contributed by atoms with Crippen LogP contribution in [-0.4, -0.2) is 25.5 Å². The Labute approximate surface area is 99.4 Å². The number of hydrogen-bond acceptors (Lipinski definition) is 2. The molecule has 0 saturated heterocycles. The lowest BCUT2D eigenvalue weighted by molar-refractivity contribution is -0.121. The molecule has 0 atom stereocenters. The van der Waals surface area contributed by atoms with Gasteiger partial charge in [0.25, 0.3) is 0 Å². The first-order chi connectivity index (χ1) is 7.83. The molecule has 1 rings (SSSR count). The Balaban J connectivity index is 1.90. The van der Waals surface area contributed by atoms with Crippen LogP contribution >= 0.6 is 0 Å². The molecule has 0 aromatic rings. The highest BCUT2D eigenvalue weighted by Crippen LogP contribution is 2.28. The summed E-state index contributed by atoms with van der Waals surface area (Å²) in [6.45, 7) is 4.92. The molecule has 0 aromatic carbocycles. The third-order valence-electron chi connectivity index (χ3n) is 3.36. The van der Waals surface area contributed by atoms with E-state index in [-0.39, 0.29) is 5.91 Å². The normalized spacial score (nSPS) is 16.6. The standard InChI is InChI=1S/C13H26N2O/c1-2-14-10-5-11-15-13(16)9-8-12-6-3-4-7-12/h12,14H,2-11H2,1H3,(H,15,16). The molecular weight excluding hydrogens is 200 g/mol. The van der Waals surface area contributed by atoms with E-state index in [1.165, 1.54) is 25.7 Å². The quantitative estimate of drug-likeness (QED) is 0.622. The first kappa shape index (κ1) is 13.5. The first-order valence-corrected chi connectivity index (χ1v) is 6.80. The molecule has 0 aromatic heterocycles. The van der Waals surface area contributed by atoms with Gasteiger partial charge in [-0.3, -0.25) is 4.79 Å². The Morgan fingerprint density at radius 2 is 2.00 bits per heavy atom. The molecule has 1 aliphatic carbocycles. The predicted molar refractivity (Wildman–Crippen MR) is 67.4 cm³/mol. The summed E-state index contributed by atoms with van der Waals surface area (Å²) < 4.78 is 0. The fraction of sp³-hybridized carbons (Fsp3) is 0.923. The molecule has 1 aliphatic rings. The molecule has 16 heavy (non-hydrogen) atoms. The van der Waals surface area contributed by atoms with Crippen molar-refractivity contribution >= 4 is 5.91 Å². The van der Waals surface area contributed by atoms with Crippen molar-refractivity contribution in [3.8, 4) is 0 Å². The summed E-state index contributed by atoms with van der Waals surface area (Å²) in [5.41, 5.74) is 0. The van der Waals surface area contributed by atoms with Crippen LogP contribution in [0, 0.1) is 5.92 Å². The van der Waals surface area contributed by atoms with Gasteiger partial charge in [-0.25, -0.2) is 0 Å². The number of nitrogens with one attached hydrogen (secondary N) is 2. The number of carbonyl (C=O) groups is 1. The molecule has 1 amide bonds. The summed E-state index contributed by atoms with van der Waals surface area (Å²) in [6.07, 6.45) is 8.28. The third-order valence-corrected chi connectivity index (χ3v) is 3.36. The van der Waals surface area contributed by atoms with Crippen LogP contribution in [0.3, 0.4) is 0 Å². The maximum absolute atomic E-state index is 11.5. The van der Waals surface area contributed by atoms with Crippen molar-refractivity contribution in [1.29, 1.82) is 0 Å². The van der Waals surface area contributed by atoms with Crippen molar-refractivity contribution < 1.29 is 4.79 Å². The molecule has 0 aliphatic heterocycles. The molecule has 0 spiro atoms. The zero-order valence-electron chi connectivity index (χ0n) is 10.6. The molecule has 3 heteroatoms. The van der Waals surface area contributed by atoms with Gasteiger partial charge >= 0.3 is 0 Å². The first-order valence-electron chi connectivity index (χ1n) is 6.80. The van der Waals surface area contributed by atoms with Gasteiger partial charge in [0.1, 0.15) is 0 Å². The molecule has 0 unspecified atom stereocenters. The minimum atomic E-state index is 0.239. The van der Waals surface area contributed by atoms with Crippen molar-refractivity contribution in [2.75, 3.05) is 19.6 Å². The van der Waals surface area contributed by atoms with E-state index in [2.05, 4.69) is 17.6 Å². The number of rotatable bonds is 8. The van der Waals surface area contributed by atoms with E-state index in [0.29, 0.717) is 0 Å². The lowest BCUT2D eigenvalue weighted by atomic mass is 10.0. The van der Waals surface area contributed by atoms with Gasteiger partial charge in [0.05, 0.1) is 0 Å². The lowest BCUT2D eigenvalue weighted by Gasteiger charge is -2.09. The van der Waals surface area contributed by atoms with Crippen LogP contribution in [0.25, 0.3) is 0 Å². The van der Waals surface area contributed by atoms with Gasteiger partial charge in [0.15, 0.2) is 0 Å². The fourth-order valence-corrected chi connectivity index (χ4v) is 2.34. The van der Waals surface area contributed by atoms with Crippen molar-refractivity contribution in [2.45, 2.75) is 51.9 Å². The Kier molecular flexibility index (Phi) is 7.23. The van der Waals surface area contributed by atoms with Crippen molar-refractivity contribution in [1.82, 2.24) is 10.6 Å². The van der Waals surface area contributed by atoms with E-state index in [1.54, 1.807) is 0 Å². The maximum atomic E-state index is 11.5. The highest BCUT2D eigenvalue weighted by atomic mass is 16.1. The van der Waals surface area contributed by atoms with Crippen molar-refractivity contribution in [3.63, 3.8) is 0 Å². The molecule has 1 saturated carbocycles. The van der Waals surface area contributed by atoms with Crippen LogP contribution in [-0.2, 0) is 4.79 Å². The fourth-order valence-electron chi connectivity index (χ4n) is 2.34. The molecule has 1 fully saturated rings. The Bertz CT molecular complexity index is 188. The molecular formula is C13H26N2O. The van der Waals surface area contributed by atoms with Gasteiger partial charge < -0.3 is 10.6 Å². The number of hydrogen-bond donors (Lipinski definition) is 2. The maximum Gasteiger partial charge on any atom is 0.220 e. The van der Waals surface area contributed by atoms with Gasteiger partial charge in [-0.2, -0.15) is 0 Å². The van der Waals surface area contributed by atoms with Crippen LogP contribution in [0.5, 0.6) is 0 Å². The molecule has 0 heterocycles. The second-order valence-electron chi connectivity index (χ2n) is 4.75. The molecule has 0 radical (unpaired) electrons. The van der Waals surface area contributed by atoms with E-state index >= 15 is 0 Å². The minimum Gasteiger partial charge on any atom is -0.356 e. The van der Waals surface area contributed by atoms with Gasteiger partial charge in [0.2, 0.25) is 5.91 Å². The predicted octanol–water partition coefficient (Wildman–Crippen LogP) is 2.07. The van der Waals surface area contributed by atoms with Crippen LogP contribution in [0.1, 0.15) is 51.9 Å². The molecule has 94 valence electrons. The average Bonchev–Trinajstić information content (AvgIpc) is 2.79. The zero-order chi connectivity index (χ0) is 11.6. The van der Waals surface area contributed by atoms with Crippen molar-refractivity contribution in [3.05, 3.63) is 0 Å². The second-order valence-corrected chi connectivity index (χ2v) is 4.75. The third kappa shape index (κ3) is 6.11. The van der Waals surface area contributed by atoms with Gasteiger partial charge in [-0.15, -0.1) is 0 Å². The summed E-state index contributed by atoms with van der Waals surface area (Å²) in [7, 11) is 0. The van der Waals surface area contributed by atoms with E-state index in [0.717, 1.165) is 44.8 Å². The molecule has 2 N–H and O–H groups in total. The van der Waals surface area contributed by atoms with Gasteiger partial charge in [-0.05, 0) is 31.8 Å². The topological polar surface area (TPSA) is 41.1 Å². The summed E-state index contributed by atoms with van der Waals surface area (Å²) >= 11 is 0. The van der Waals surface area contributed by atoms with Crippen LogP contribution in [0.15, 0.2) is 0 Å². The van der Waals surface area contributed by atoms with Gasteiger partial charge in [0, 0.05) is 13.0 Å². The van der Waals surface area contributed by atoms with Crippen LogP contribution < -0.4 is 10.6 Å². The summed E-state index contributed by atoms with van der Waals surface area (Å²) in [4.78, 5) is 11.5. The molecule has 0 bridgehead atoms.